The Balaban J connectivity index is 2.14. The van der Waals surface area contributed by atoms with Gasteiger partial charge in [0.25, 0.3) is 11.1 Å². The second-order valence-electron chi connectivity index (χ2n) is 4.85. The predicted octanol–water partition coefficient (Wildman–Crippen LogP) is 0.620. The molecule has 2 aromatic heterocycles. The molecule has 0 atom stereocenters. The number of fused-ring (bicyclic) bond motifs is 1. The van der Waals surface area contributed by atoms with E-state index >= 15 is 0 Å². The molecule has 0 saturated heterocycles. The zero-order valence-corrected chi connectivity index (χ0v) is 12.0. The summed E-state index contributed by atoms with van der Waals surface area (Å²) in [4.78, 5) is 43.9. The predicted molar refractivity (Wildman–Crippen MR) is 83.6 cm³/mol. The fourth-order valence-corrected chi connectivity index (χ4v) is 2.06. The molecule has 0 fully saturated rings. The molecule has 2 N–H and O–H groups in total. The zero-order chi connectivity index (χ0) is 16.6. The number of hydrogen-bond donors (Lipinski definition) is 2. The standard InChI is InChI=1S/C15H11FN4O3/c1-20-12-11(14(22)19-15(20)23)17-10(13(21)18-12)7-4-8-2-5-9(16)6-3-8/h2-7H,1H3,(H,18,21)(H,19,22,23). The van der Waals surface area contributed by atoms with Crippen LogP contribution in [0.25, 0.3) is 23.3 Å². The number of hydrogen-bond acceptors (Lipinski definition) is 4. The van der Waals surface area contributed by atoms with E-state index in [1.807, 2.05) is 0 Å². The van der Waals surface area contributed by atoms with Crippen molar-refractivity contribution in [3.63, 3.8) is 0 Å². The highest BCUT2D eigenvalue weighted by Crippen LogP contribution is 2.07. The number of aromatic amines is 2. The maximum Gasteiger partial charge on any atom is 0.329 e. The van der Waals surface area contributed by atoms with Crippen molar-refractivity contribution in [2.75, 3.05) is 0 Å². The normalized spacial score (nSPS) is 11.4. The van der Waals surface area contributed by atoms with Crippen molar-refractivity contribution in [2.45, 2.75) is 0 Å². The Hall–Kier alpha value is -3.29. The van der Waals surface area contributed by atoms with Crippen molar-refractivity contribution in [1.29, 1.82) is 0 Å². The lowest BCUT2D eigenvalue weighted by molar-refractivity contribution is 0.628. The number of H-pyrrole nitrogens is 2. The average molecular weight is 314 g/mol. The van der Waals surface area contributed by atoms with Gasteiger partial charge in [-0.05, 0) is 23.8 Å². The molecule has 1 aromatic carbocycles. The first-order valence-electron chi connectivity index (χ1n) is 6.63. The quantitative estimate of drug-likeness (QED) is 0.724. The minimum atomic E-state index is -0.684. The summed E-state index contributed by atoms with van der Waals surface area (Å²) in [5, 5.41) is 0. The molecule has 116 valence electrons. The van der Waals surface area contributed by atoms with Gasteiger partial charge in [0, 0.05) is 7.05 Å². The van der Waals surface area contributed by atoms with E-state index in [1.54, 1.807) is 6.08 Å². The number of aryl methyl sites for hydroxylation is 1. The van der Waals surface area contributed by atoms with E-state index in [2.05, 4.69) is 15.0 Å². The van der Waals surface area contributed by atoms with Crippen LogP contribution in [-0.2, 0) is 7.05 Å². The lowest BCUT2D eigenvalue weighted by Crippen LogP contribution is -2.31. The highest BCUT2D eigenvalue weighted by Gasteiger charge is 2.09. The Morgan fingerprint density at radius 1 is 1.04 bits per heavy atom. The van der Waals surface area contributed by atoms with Gasteiger partial charge >= 0.3 is 5.69 Å². The molecule has 3 rings (SSSR count). The lowest BCUT2D eigenvalue weighted by atomic mass is 10.2. The SMILES string of the molecule is Cn1c(=O)[nH]c(=O)c2nc(C=Cc3ccc(F)cc3)c(=O)[nH]c21. The Morgan fingerprint density at radius 3 is 2.43 bits per heavy atom. The van der Waals surface area contributed by atoms with Crippen LogP contribution in [0.3, 0.4) is 0 Å². The van der Waals surface area contributed by atoms with Crippen molar-refractivity contribution >= 4 is 23.3 Å². The van der Waals surface area contributed by atoms with Crippen molar-refractivity contribution in [3.05, 3.63) is 72.5 Å². The summed E-state index contributed by atoms with van der Waals surface area (Å²) in [5.74, 6) is -0.365. The van der Waals surface area contributed by atoms with Gasteiger partial charge in [-0.3, -0.25) is 19.1 Å². The summed E-state index contributed by atoms with van der Waals surface area (Å²) in [5.41, 5.74) is -1.21. The highest BCUT2D eigenvalue weighted by atomic mass is 19.1. The van der Waals surface area contributed by atoms with E-state index in [0.717, 1.165) is 4.57 Å². The van der Waals surface area contributed by atoms with Crippen molar-refractivity contribution in [2.24, 2.45) is 7.05 Å². The molecule has 2 heterocycles. The van der Waals surface area contributed by atoms with Gasteiger partial charge in [-0.25, -0.2) is 14.2 Å². The molecule has 0 bridgehead atoms. The molecule has 0 amide bonds. The summed E-state index contributed by atoms with van der Waals surface area (Å²) < 4.78 is 13.9. The van der Waals surface area contributed by atoms with Crippen molar-refractivity contribution in [3.8, 4) is 0 Å². The van der Waals surface area contributed by atoms with Crippen LogP contribution in [0, 0.1) is 5.82 Å². The smallest absolute Gasteiger partial charge is 0.305 e. The summed E-state index contributed by atoms with van der Waals surface area (Å²) in [6.07, 6.45) is 2.98. The van der Waals surface area contributed by atoms with Crippen LogP contribution in [0.2, 0.25) is 0 Å². The first kappa shape index (κ1) is 14.6. The number of rotatable bonds is 2. The van der Waals surface area contributed by atoms with Crippen LogP contribution in [0.5, 0.6) is 0 Å². The molecule has 8 heteroatoms. The minimum Gasteiger partial charge on any atom is -0.305 e. The second-order valence-corrected chi connectivity index (χ2v) is 4.85. The molecule has 0 spiro atoms. The summed E-state index contributed by atoms with van der Waals surface area (Å²) >= 11 is 0. The first-order chi connectivity index (χ1) is 11.0. The van der Waals surface area contributed by atoms with Gasteiger partial charge in [-0.2, -0.15) is 0 Å². The molecule has 0 aliphatic rings. The zero-order valence-electron chi connectivity index (χ0n) is 12.0. The maximum absolute atomic E-state index is 12.8. The summed E-state index contributed by atoms with van der Waals surface area (Å²) in [6, 6.07) is 5.66. The molecule has 0 radical (unpaired) electrons. The molecule has 0 saturated carbocycles. The van der Waals surface area contributed by atoms with Gasteiger partial charge in [0.2, 0.25) is 0 Å². The van der Waals surface area contributed by atoms with Gasteiger partial charge in [-0.15, -0.1) is 0 Å². The Morgan fingerprint density at radius 2 is 1.74 bits per heavy atom. The molecular weight excluding hydrogens is 303 g/mol. The molecule has 0 aliphatic heterocycles. The number of aromatic nitrogens is 4. The summed E-state index contributed by atoms with van der Waals surface area (Å²) in [7, 11) is 1.41. The topological polar surface area (TPSA) is 101 Å². The van der Waals surface area contributed by atoms with E-state index in [1.165, 1.54) is 37.4 Å². The molecule has 3 aromatic rings. The van der Waals surface area contributed by atoms with Gasteiger partial charge < -0.3 is 4.98 Å². The van der Waals surface area contributed by atoms with Crippen molar-refractivity contribution in [1.82, 2.24) is 19.5 Å². The number of benzene rings is 1. The lowest BCUT2D eigenvalue weighted by Gasteiger charge is -2.03. The van der Waals surface area contributed by atoms with Crippen LogP contribution in [0.1, 0.15) is 11.3 Å². The average Bonchev–Trinajstić information content (AvgIpc) is 2.53. The molecule has 23 heavy (non-hydrogen) atoms. The van der Waals surface area contributed by atoms with Crippen molar-refractivity contribution < 1.29 is 4.39 Å². The molecule has 7 nitrogen and oxygen atoms in total. The number of nitrogens with one attached hydrogen (secondary N) is 2. The van der Waals surface area contributed by atoms with E-state index in [0.29, 0.717) is 5.56 Å². The molecule has 0 aliphatic carbocycles. The molecule has 0 unspecified atom stereocenters. The highest BCUT2D eigenvalue weighted by molar-refractivity contribution is 5.73. The third-order valence-electron chi connectivity index (χ3n) is 3.30. The van der Waals surface area contributed by atoms with E-state index in [9.17, 15) is 18.8 Å². The van der Waals surface area contributed by atoms with Crippen LogP contribution in [0.15, 0.2) is 38.6 Å². The fourth-order valence-electron chi connectivity index (χ4n) is 2.06. The van der Waals surface area contributed by atoms with Crippen LogP contribution in [0.4, 0.5) is 4.39 Å². The second kappa shape index (κ2) is 5.48. The van der Waals surface area contributed by atoms with Crippen LogP contribution in [-0.4, -0.2) is 19.5 Å². The Labute approximate surface area is 127 Å². The first-order valence-corrected chi connectivity index (χ1v) is 6.63. The van der Waals surface area contributed by atoms with E-state index in [4.69, 9.17) is 0 Å². The largest absolute Gasteiger partial charge is 0.329 e. The van der Waals surface area contributed by atoms with E-state index < -0.39 is 16.8 Å². The third-order valence-corrected chi connectivity index (χ3v) is 3.30. The van der Waals surface area contributed by atoms with Gasteiger partial charge in [0.15, 0.2) is 5.52 Å². The van der Waals surface area contributed by atoms with E-state index in [-0.39, 0.29) is 22.7 Å². The monoisotopic (exact) mass is 314 g/mol. The van der Waals surface area contributed by atoms with Crippen LogP contribution >= 0.6 is 0 Å². The summed E-state index contributed by atoms with van der Waals surface area (Å²) in [6.45, 7) is 0. The number of nitrogens with zero attached hydrogens (tertiary/aromatic N) is 2. The maximum atomic E-state index is 12.8. The number of halogens is 1. The minimum absolute atomic E-state index is 0.00553. The third kappa shape index (κ3) is 2.73. The Kier molecular flexibility index (Phi) is 3.49. The molecular formula is C15H11FN4O3. The van der Waals surface area contributed by atoms with Gasteiger partial charge in [0.05, 0.1) is 0 Å². The Bertz CT molecular complexity index is 1090. The fraction of sp³-hybridized carbons (Fsp3) is 0.0667. The van der Waals surface area contributed by atoms with Gasteiger partial charge in [-0.1, -0.05) is 18.2 Å². The van der Waals surface area contributed by atoms with Gasteiger partial charge in [0.1, 0.15) is 17.2 Å². The van der Waals surface area contributed by atoms with Crippen LogP contribution < -0.4 is 16.8 Å².